The molecule has 0 radical (unpaired) electrons. The maximum Gasteiger partial charge on any atom is 0.223 e. The van der Waals surface area contributed by atoms with E-state index in [9.17, 15) is 9.59 Å². The first kappa shape index (κ1) is 18.5. The Morgan fingerprint density at radius 2 is 1.64 bits per heavy atom. The molecule has 2 aromatic carbocycles. The van der Waals surface area contributed by atoms with Crippen LogP contribution in [0.3, 0.4) is 0 Å². The average molecular weight is 340 g/mol. The van der Waals surface area contributed by atoms with Crippen molar-refractivity contribution < 1.29 is 14.3 Å². The lowest BCUT2D eigenvalue weighted by Gasteiger charge is -2.22. The summed E-state index contributed by atoms with van der Waals surface area (Å²) in [5.41, 5.74) is 7.34. The topological polar surface area (TPSA) is 72.6 Å². The number of benzene rings is 2. The lowest BCUT2D eigenvalue weighted by Crippen LogP contribution is -2.33. The van der Waals surface area contributed by atoms with Crippen LogP contribution in [0.1, 0.15) is 24.0 Å². The van der Waals surface area contributed by atoms with Gasteiger partial charge in [-0.25, -0.2) is 0 Å². The molecule has 25 heavy (non-hydrogen) atoms. The highest BCUT2D eigenvalue weighted by Crippen LogP contribution is 2.14. The van der Waals surface area contributed by atoms with E-state index >= 15 is 0 Å². The maximum atomic E-state index is 12.6. The molecular formula is C20H24N2O3. The molecule has 0 atom stereocenters. The molecule has 0 saturated heterocycles. The number of ether oxygens (including phenoxy) is 1. The molecule has 0 aliphatic rings. The first-order chi connectivity index (χ1) is 12.1. The molecule has 0 spiro atoms. The Hall–Kier alpha value is -2.82. The van der Waals surface area contributed by atoms with Gasteiger partial charge in [-0.2, -0.15) is 0 Å². The van der Waals surface area contributed by atoms with Crippen molar-refractivity contribution in [3.63, 3.8) is 0 Å². The van der Waals surface area contributed by atoms with Crippen LogP contribution >= 0.6 is 0 Å². The van der Waals surface area contributed by atoms with Crippen molar-refractivity contribution in [1.29, 1.82) is 0 Å². The summed E-state index contributed by atoms with van der Waals surface area (Å²) in [5, 5.41) is 0. The van der Waals surface area contributed by atoms with Crippen LogP contribution in [0.5, 0.6) is 5.75 Å². The normalized spacial score (nSPS) is 10.3. The lowest BCUT2D eigenvalue weighted by molar-refractivity contribution is -0.132. The smallest absolute Gasteiger partial charge is 0.223 e. The number of carbonyl (C=O) groups excluding carboxylic acids is 2. The fourth-order valence-corrected chi connectivity index (χ4v) is 2.54. The van der Waals surface area contributed by atoms with Crippen molar-refractivity contribution in [2.75, 3.05) is 13.7 Å². The molecule has 2 amide bonds. The molecule has 132 valence electrons. The summed E-state index contributed by atoms with van der Waals surface area (Å²) in [4.78, 5) is 25.4. The maximum absolute atomic E-state index is 12.6. The standard InChI is InChI=1S/C20H24N2O3/c1-25-18-10-7-16(8-11-18)9-12-20(24)22(14-13-19(21)23)15-17-5-3-2-4-6-17/h2-8,10-11H,9,12-15H2,1H3,(H2,21,23). The Morgan fingerprint density at radius 1 is 0.960 bits per heavy atom. The van der Waals surface area contributed by atoms with E-state index in [0.29, 0.717) is 25.9 Å². The van der Waals surface area contributed by atoms with Crippen molar-refractivity contribution in [1.82, 2.24) is 4.90 Å². The van der Waals surface area contributed by atoms with E-state index in [2.05, 4.69) is 0 Å². The molecule has 2 N–H and O–H groups in total. The Kier molecular flexibility index (Phi) is 7.01. The van der Waals surface area contributed by atoms with E-state index in [-0.39, 0.29) is 12.3 Å². The number of hydrogen-bond donors (Lipinski definition) is 1. The van der Waals surface area contributed by atoms with E-state index in [1.165, 1.54) is 0 Å². The molecule has 0 aromatic heterocycles. The predicted octanol–water partition coefficient (Wildman–Crippen LogP) is 2.53. The van der Waals surface area contributed by atoms with Gasteiger partial charge in [0.1, 0.15) is 5.75 Å². The third-order valence-corrected chi connectivity index (χ3v) is 3.98. The first-order valence-corrected chi connectivity index (χ1v) is 8.31. The third-order valence-electron chi connectivity index (χ3n) is 3.98. The molecule has 0 fully saturated rings. The summed E-state index contributed by atoms with van der Waals surface area (Å²) in [5.74, 6) is 0.407. The molecule has 5 heteroatoms. The summed E-state index contributed by atoms with van der Waals surface area (Å²) in [6.07, 6.45) is 1.20. The molecule has 0 saturated carbocycles. The van der Waals surface area contributed by atoms with Gasteiger partial charge < -0.3 is 15.4 Å². The number of amides is 2. The van der Waals surface area contributed by atoms with Gasteiger partial charge in [-0.05, 0) is 29.7 Å². The molecular weight excluding hydrogens is 316 g/mol. The van der Waals surface area contributed by atoms with Crippen LogP contribution in [0.4, 0.5) is 0 Å². The van der Waals surface area contributed by atoms with E-state index in [0.717, 1.165) is 16.9 Å². The zero-order valence-corrected chi connectivity index (χ0v) is 14.5. The van der Waals surface area contributed by atoms with E-state index in [4.69, 9.17) is 10.5 Å². The highest BCUT2D eigenvalue weighted by Gasteiger charge is 2.15. The minimum atomic E-state index is -0.402. The second-order valence-electron chi connectivity index (χ2n) is 5.87. The number of hydrogen-bond acceptors (Lipinski definition) is 3. The number of aryl methyl sites for hydroxylation is 1. The second kappa shape index (κ2) is 9.47. The quantitative estimate of drug-likeness (QED) is 0.762. The Morgan fingerprint density at radius 3 is 2.24 bits per heavy atom. The van der Waals surface area contributed by atoms with Crippen molar-refractivity contribution >= 4 is 11.8 Å². The Balaban J connectivity index is 1.96. The van der Waals surface area contributed by atoms with Crippen molar-refractivity contribution in [3.05, 3.63) is 65.7 Å². The van der Waals surface area contributed by atoms with Gasteiger partial charge in [0, 0.05) is 25.9 Å². The monoisotopic (exact) mass is 340 g/mol. The number of rotatable bonds is 9. The van der Waals surface area contributed by atoms with Crippen molar-refractivity contribution in [3.8, 4) is 5.75 Å². The summed E-state index contributed by atoms with van der Waals surface area (Å²) >= 11 is 0. The second-order valence-corrected chi connectivity index (χ2v) is 5.87. The minimum Gasteiger partial charge on any atom is -0.497 e. The van der Waals surface area contributed by atoms with Gasteiger partial charge in [0.2, 0.25) is 11.8 Å². The van der Waals surface area contributed by atoms with Crippen molar-refractivity contribution in [2.45, 2.75) is 25.8 Å². The molecule has 0 unspecified atom stereocenters. The number of nitrogens with zero attached hydrogens (tertiary/aromatic N) is 1. The number of carbonyl (C=O) groups is 2. The average Bonchev–Trinajstić information content (AvgIpc) is 2.64. The first-order valence-electron chi connectivity index (χ1n) is 8.31. The lowest BCUT2D eigenvalue weighted by atomic mass is 10.1. The summed E-state index contributed by atoms with van der Waals surface area (Å²) in [7, 11) is 1.62. The summed E-state index contributed by atoms with van der Waals surface area (Å²) in [6, 6.07) is 17.4. The van der Waals surface area contributed by atoms with Crippen molar-refractivity contribution in [2.24, 2.45) is 5.73 Å². The van der Waals surface area contributed by atoms with Crippen LogP contribution in [0, 0.1) is 0 Å². The number of primary amides is 1. The molecule has 0 heterocycles. The van der Waals surface area contributed by atoms with Crippen LogP contribution in [-0.4, -0.2) is 30.4 Å². The van der Waals surface area contributed by atoms with Gasteiger partial charge in [0.25, 0.3) is 0 Å². The van der Waals surface area contributed by atoms with Gasteiger partial charge in [-0.1, -0.05) is 42.5 Å². The van der Waals surface area contributed by atoms with Gasteiger partial charge >= 0.3 is 0 Å². The third kappa shape index (κ3) is 6.30. The highest BCUT2D eigenvalue weighted by molar-refractivity contribution is 5.78. The van der Waals surface area contributed by atoms with Gasteiger partial charge in [0.05, 0.1) is 7.11 Å². The number of methoxy groups -OCH3 is 1. The molecule has 2 rings (SSSR count). The minimum absolute atomic E-state index is 0.0147. The largest absolute Gasteiger partial charge is 0.497 e. The van der Waals surface area contributed by atoms with Gasteiger partial charge in [0.15, 0.2) is 0 Å². The zero-order chi connectivity index (χ0) is 18.1. The molecule has 2 aromatic rings. The van der Waals surface area contributed by atoms with Crippen LogP contribution in [0.2, 0.25) is 0 Å². The molecule has 0 aliphatic carbocycles. The van der Waals surface area contributed by atoms with Crippen LogP contribution < -0.4 is 10.5 Å². The fourth-order valence-electron chi connectivity index (χ4n) is 2.54. The van der Waals surface area contributed by atoms with E-state index in [1.807, 2.05) is 54.6 Å². The predicted molar refractivity (Wildman–Crippen MR) is 97.0 cm³/mol. The molecule has 0 aliphatic heterocycles. The Bertz CT molecular complexity index is 684. The van der Waals surface area contributed by atoms with Crippen LogP contribution in [0.25, 0.3) is 0 Å². The SMILES string of the molecule is COc1ccc(CCC(=O)N(CCC(N)=O)Cc2ccccc2)cc1. The van der Waals surface area contributed by atoms with E-state index < -0.39 is 5.91 Å². The fraction of sp³-hybridized carbons (Fsp3) is 0.300. The highest BCUT2D eigenvalue weighted by atomic mass is 16.5. The zero-order valence-electron chi connectivity index (χ0n) is 14.5. The van der Waals surface area contributed by atoms with Gasteiger partial charge in [-0.15, -0.1) is 0 Å². The van der Waals surface area contributed by atoms with E-state index in [1.54, 1.807) is 12.0 Å². The molecule has 5 nitrogen and oxygen atoms in total. The summed E-state index contributed by atoms with van der Waals surface area (Å²) in [6.45, 7) is 0.821. The molecule has 0 bridgehead atoms. The van der Waals surface area contributed by atoms with Crippen LogP contribution in [0.15, 0.2) is 54.6 Å². The summed E-state index contributed by atoms with van der Waals surface area (Å²) < 4.78 is 5.13. The van der Waals surface area contributed by atoms with Crippen LogP contribution in [-0.2, 0) is 22.6 Å². The number of nitrogens with two attached hydrogens (primary N) is 1. The van der Waals surface area contributed by atoms with Gasteiger partial charge in [-0.3, -0.25) is 9.59 Å². The Labute approximate surface area is 148 Å².